The summed E-state index contributed by atoms with van der Waals surface area (Å²) in [5.41, 5.74) is 5.97. The van der Waals surface area contributed by atoms with E-state index < -0.39 is 16.7 Å². The number of nitrogens with zero attached hydrogens (tertiary/aromatic N) is 3. The highest BCUT2D eigenvalue weighted by Gasteiger charge is 2.34. The topological polar surface area (TPSA) is 95.8 Å². The Morgan fingerprint density at radius 2 is 1.77 bits per heavy atom. The molecule has 1 saturated heterocycles. The van der Waals surface area contributed by atoms with Crippen molar-refractivity contribution in [3.63, 3.8) is 0 Å². The van der Waals surface area contributed by atoms with E-state index in [4.69, 9.17) is 0 Å². The number of anilines is 2. The molecule has 0 bridgehead atoms. The average Bonchev–Trinajstić information content (AvgIpc) is 3.00. The van der Waals surface area contributed by atoms with Gasteiger partial charge in [-0.1, -0.05) is 12.1 Å². The quantitative estimate of drug-likeness (QED) is 0.341. The monoisotopic (exact) mass is 408 g/mol. The molecule has 2 aromatic rings. The van der Waals surface area contributed by atoms with Crippen molar-refractivity contribution in [1.82, 2.24) is 5.43 Å². The van der Waals surface area contributed by atoms with Crippen LogP contribution in [-0.4, -0.2) is 29.8 Å². The summed E-state index contributed by atoms with van der Waals surface area (Å²) in [5.74, 6) is -1.05. The molecule has 0 unspecified atom stereocenters. The van der Waals surface area contributed by atoms with Crippen LogP contribution in [0.4, 0.5) is 17.1 Å². The van der Waals surface area contributed by atoms with Crippen molar-refractivity contribution in [3.8, 4) is 0 Å². The normalized spacial score (nSPS) is 14.9. The van der Waals surface area contributed by atoms with Gasteiger partial charge in [-0.05, 0) is 68.7 Å². The van der Waals surface area contributed by atoms with E-state index in [1.807, 2.05) is 44.7 Å². The number of hydrazine groups is 1. The fourth-order valence-electron chi connectivity index (χ4n) is 3.38. The van der Waals surface area contributed by atoms with Gasteiger partial charge in [0.2, 0.25) is 0 Å². The Hall–Kier alpha value is -3.68. The summed E-state index contributed by atoms with van der Waals surface area (Å²) in [6.45, 7) is 8.99. The van der Waals surface area contributed by atoms with Crippen LogP contribution in [0.2, 0.25) is 0 Å². The van der Waals surface area contributed by atoms with Crippen molar-refractivity contribution in [2.45, 2.75) is 27.7 Å². The van der Waals surface area contributed by atoms with Crippen LogP contribution >= 0.6 is 0 Å². The Labute approximate surface area is 174 Å². The van der Waals surface area contributed by atoms with Crippen molar-refractivity contribution in [2.24, 2.45) is 0 Å². The molecule has 30 heavy (non-hydrogen) atoms. The Balaban J connectivity index is 1.97. The van der Waals surface area contributed by atoms with E-state index in [1.165, 1.54) is 17.2 Å². The molecule has 1 aliphatic heterocycles. The number of rotatable bonds is 6. The molecule has 0 saturated carbocycles. The lowest BCUT2D eigenvalue weighted by Crippen LogP contribution is -2.35. The maximum absolute atomic E-state index is 12.8. The summed E-state index contributed by atoms with van der Waals surface area (Å²) in [6.07, 6.45) is 1.39. The third-order valence-corrected chi connectivity index (χ3v) is 5.25. The van der Waals surface area contributed by atoms with Crippen molar-refractivity contribution in [2.75, 3.05) is 23.0 Å². The van der Waals surface area contributed by atoms with Gasteiger partial charge in [-0.2, -0.15) is 0 Å². The van der Waals surface area contributed by atoms with E-state index in [0.717, 1.165) is 11.1 Å². The molecule has 8 nitrogen and oxygen atoms in total. The first-order valence-corrected chi connectivity index (χ1v) is 9.74. The van der Waals surface area contributed by atoms with Crippen molar-refractivity contribution < 1.29 is 14.5 Å². The minimum absolute atomic E-state index is 0.0649. The van der Waals surface area contributed by atoms with Gasteiger partial charge in [0.05, 0.1) is 10.6 Å². The zero-order valence-electron chi connectivity index (χ0n) is 17.4. The first kappa shape index (κ1) is 21.0. The highest BCUT2D eigenvalue weighted by molar-refractivity contribution is 6.31. The molecule has 8 heteroatoms. The number of nitro groups is 1. The molecular weight excluding hydrogens is 384 g/mol. The number of hydrogen-bond donors (Lipinski definition) is 1. The van der Waals surface area contributed by atoms with Crippen LogP contribution < -0.4 is 15.3 Å². The van der Waals surface area contributed by atoms with E-state index >= 15 is 0 Å². The van der Waals surface area contributed by atoms with Crippen molar-refractivity contribution in [1.29, 1.82) is 0 Å². The third-order valence-electron chi connectivity index (χ3n) is 5.25. The highest BCUT2D eigenvalue weighted by atomic mass is 16.6. The second kappa shape index (κ2) is 8.36. The molecule has 1 aliphatic rings. The number of amides is 2. The second-order valence-corrected chi connectivity index (χ2v) is 7.09. The number of carbonyl (C=O) groups excluding carboxylic acids is 2. The summed E-state index contributed by atoms with van der Waals surface area (Å²) in [7, 11) is 0. The number of nitro benzene ring substituents is 1. The van der Waals surface area contributed by atoms with E-state index in [2.05, 4.69) is 5.43 Å². The van der Waals surface area contributed by atoms with Gasteiger partial charge in [-0.15, -0.1) is 0 Å². The summed E-state index contributed by atoms with van der Waals surface area (Å²) in [6, 6.07) is 10.2. The van der Waals surface area contributed by atoms with Crippen LogP contribution in [-0.2, 0) is 9.59 Å². The molecule has 0 spiro atoms. The molecule has 3 rings (SSSR count). The first-order chi connectivity index (χ1) is 14.3. The number of carbonyl (C=O) groups is 2. The van der Waals surface area contributed by atoms with Gasteiger partial charge in [0.1, 0.15) is 11.3 Å². The molecule has 0 atom stereocenters. The minimum atomic E-state index is -0.547. The maximum atomic E-state index is 12.8. The summed E-state index contributed by atoms with van der Waals surface area (Å²) < 4.78 is 0. The van der Waals surface area contributed by atoms with Gasteiger partial charge in [-0.25, -0.2) is 5.01 Å². The van der Waals surface area contributed by atoms with Crippen LogP contribution in [0, 0.1) is 24.0 Å². The van der Waals surface area contributed by atoms with Crippen LogP contribution in [0.25, 0.3) is 6.08 Å². The number of hydrogen-bond acceptors (Lipinski definition) is 5. The standard InChI is InChI=1S/C22H24N4O4/c1-5-24(6-2)19-10-8-16(13-20(19)26(29)30)12-18-21(27)23-25(22(18)28)17-9-7-14(3)15(4)11-17/h7-13H,5-6H2,1-4H3,(H,23,27)/b18-12+. The second-order valence-electron chi connectivity index (χ2n) is 7.09. The molecule has 1 fully saturated rings. The van der Waals surface area contributed by atoms with Crippen LogP contribution in [0.15, 0.2) is 42.0 Å². The Morgan fingerprint density at radius 3 is 2.37 bits per heavy atom. The van der Waals surface area contributed by atoms with Crippen molar-refractivity contribution in [3.05, 3.63) is 68.8 Å². The molecule has 0 radical (unpaired) electrons. The highest BCUT2D eigenvalue weighted by Crippen LogP contribution is 2.31. The molecule has 156 valence electrons. The Bertz CT molecular complexity index is 1060. The predicted molar refractivity (Wildman–Crippen MR) is 116 cm³/mol. The van der Waals surface area contributed by atoms with Crippen LogP contribution in [0.1, 0.15) is 30.5 Å². The van der Waals surface area contributed by atoms with E-state index in [1.54, 1.807) is 18.2 Å². The third kappa shape index (κ3) is 3.89. The van der Waals surface area contributed by atoms with Gasteiger partial charge in [0.25, 0.3) is 17.5 Å². The van der Waals surface area contributed by atoms with Gasteiger partial charge < -0.3 is 4.90 Å². The fraction of sp³-hybridized carbons (Fsp3) is 0.273. The van der Waals surface area contributed by atoms with Crippen molar-refractivity contribution >= 4 is 35.0 Å². The van der Waals surface area contributed by atoms with E-state index in [0.29, 0.717) is 30.0 Å². The van der Waals surface area contributed by atoms with E-state index in [9.17, 15) is 19.7 Å². The number of aryl methyl sites for hydroxylation is 2. The summed E-state index contributed by atoms with van der Waals surface area (Å²) in [5, 5.41) is 12.8. The largest absolute Gasteiger partial charge is 0.367 e. The van der Waals surface area contributed by atoms with Gasteiger partial charge in [-0.3, -0.25) is 25.1 Å². The van der Waals surface area contributed by atoms with Gasteiger partial charge in [0.15, 0.2) is 0 Å². The lowest BCUT2D eigenvalue weighted by Gasteiger charge is -2.20. The van der Waals surface area contributed by atoms with Crippen LogP contribution in [0.3, 0.4) is 0 Å². The summed E-state index contributed by atoms with van der Waals surface area (Å²) >= 11 is 0. The summed E-state index contributed by atoms with van der Waals surface area (Å²) in [4.78, 5) is 38.3. The lowest BCUT2D eigenvalue weighted by molar-refractivity contribution is -0.384. The molecule has 2 amide bonds. The number of nitrogens with one attached hydrogen (secondary N) is 1. The molecule has 0 aliphatic carbocycles. The van der Waals surface area contributed by atoms with E-state index in [-0.39, 0.29) is 11.3 Å². The Kier molecular flexibility index (Phi) is 5.86. The fourth-order valence-corrected chi connectivity index (χ4v) is 3.38. The number of benzene rings is 2. The minimum Gasteiger partial charge on any atom is -0.367 e. The van der Waals surface area contributed by atoms with Crippen LogP contribution in [0.5, 0.6) is 0 Å². The zero-order chi connectivity index (χ0) is 22.0. The molecule has 2 aromatic carbocycles. The molecule has 0 aromatic heterocycles. The smallest absolute Gasteiger partial charge is 0.293 e. The molecule has 1 N–H and O–H groups in total. The SMILES string of the molecule is CCN(CC)c1ccc(/C=C2\C(=O)NN(c3ccc(C)c(C)c3)C2=O)cc1[N+](=O)[O-]. The maximum Gasteiger partial charge on any atom is 0.293 e. The predicted octanol–water partition coefficient (Wildman–Crippen LogP) is 3.52. The van der Waals surface area contributed by atoms with Gasteiger partial charge in [0, 0.05) is 19.2 Å². The first-order valence-electron chi connectivity index (χ1n) is 9.74. The van der Waals surface area contributed by atoms with Gasteiger partial charge >= 0.3 is 0 Å². The Morgan fingerprint density at radius 1 is 1.07 bits per heavy atom. The molecule has 1 heterocycles. The zero-order valence-corrected chi connectivity index (χ0v) is 17.4. The lowest BCUT2D eigenvalue weighted by atomic mass is 10.1. The molecular formula is C22H24N4O4. The average molecular weight is 408 g/mol.